The average Bonchev–Trinajstić information content (AvgIpc) is 3.07. The minimum Gasteiger partial charge on any atom is -0.508 e. The molecule has 2 aromatic rings. The van der Waals surface area contributed by atoms with Crippen LogP contribution in [0.5, 0.6) is 5.75 Å². The van der Waals surface area contributed by atoms with E-state index in [4.69, 9.17) is 4.74 Å². The van der Waals surface area contributed by atoms with Crippen LogP contribution in [-0.2, 0) is 9.53 Å². The molecule has 0 radical (unpaired) electrons. The number of phenolic OH excluding ortho intramolecular Hbond substituents is 1. The molecule has 0 saturated carbocycles. The largest absolute Gasteiger partial charge is 0.508 e. The third-order valence-corrected chi connectivity index (χ3v) is 4.79. The Labute approximate surface area is 128 Å². The molecule has 5 heteroatoms. The maximum Gasteiger partial charge on any atom is 0.329 e. The van der Waals surface area contributed by atoms with Gasteiger partial charge >= 0.3 is 5.97 Å². The van der Waals surface area contributed by atoms with Gasteiger partial charge in [-0.15, -0.1) is 0 Å². The Kier molecular flexibility index (Phi) is 3.11. The molecule has 116 valence electrons. The van der Waals surface area contributed by atoms with Gasteiger partial charge in [0.2, 0.25) is 0 Å². The van der Waals surface area contributed by atoms with Gasteiger partial charge in [0.1, 0.15) is 11.8 Å². The standard InChI is InChI=1S/C17H20N2O3/c1-2-7-22-17(21)16-15-14(10-5-6-19(16)9-10)12-8-11(20)3-4-13(12)18-15/h3-4,8,10,16,18,20H,2,5-7,9H2,1H3. The van der Waals surface area contributed by atoms with Gasteiger partial charge in [-0.2, -0.15) is 0 Å². The van der Waals surface area contributed by atoms with Crippen molar-refractivity contribution in [2.75, 3.05) is 19.7 Å². The van der Waals surface area contributed by atoms with E-state index in [-0.39, 0.29) is 17.8 Å². The third-order valence-electron chi connectivity index (χ3n) is 4.79. The molecular weight excluding hydrogens is 280 g/mol. The lowest BCUT2D eigenvalue weighted by atomic mass is 9.90. The summed E-state index contributed by atoms with van der Waals surface area (Å²) in [4.78, 5) is 18.1. The molecule has 1 fully saturated rings. The summed E-state index contributed by atoms with van der Waals surface area (Å²) in [5.41, 5.74) is 3.12. The Morgan fingerprint density at radius 3 is 3.18 bits per heavy atom. The summed E-state index contributed by atoms with van der Waals surface area (Å²) in [7, 11) is 0. The van der Waals surface area contributed by atoms with Gasteiger partial charge in [-0.1, -0.05) is 6.92 Å². The highest BCUT2D eigenvalue weighted by molar-refractivity contribution is 5.90. The van der Waals surface area contributed by atoms with Gasteiger partial charge in [0.15, 0.2) is 0 Å². The van der Waals surface area contributed by atoms with Crippen LogP contribution in [0.1, 0.15) is 43.0 Å². The number of hydrogen-bond acceptors (Lipinski definition) is 4. The highest BCUT2D eigenvalue weighted by atomic mass is 16.5. The Morgan fingerprint density at radius 2 is 2.36 bits per heavy atom. The van der Waals surface area contributed by atoms with Gasteiger partial charge < -0.3 is 14.8 Å². The molecular formula is C17H20N2O3. The van der Waals surface area contributed by atoms with Gasteiger partial charge in [0.25, 0.3) is 0 Å². The molecule has 2 N–H and O–H groups in total. The molecule has 3 heterocycles. The zero-order valence-electron chi connectivity index (χ0n) is 12.6. The second-order valence-corrected chi connectivity index (χ2v) is 6.23. The van der Waals surface area contributed by atoms with Crippen molar-refractivity contribution < 1.29 is 14.6 Å². The van der Waals surface area contributed by atoms with Crippen LogP contribution in [0.3, 0.4) is 0 Å². The first kappa shape index (κ1) is 13.6. The molecule has 4 rings (SSSR count). The van der Waals surface area contributed by atoms with E-state index in [2.05, 4.69) is 9.88 Å². The smallest absolute Gasteiger partial charge is 0.329 e. The summed E-state index contributed by atoms with van der Waals surface area (Å²) in [5, 5.41) is 10.8. The first-order valence-corrected chi connectivity index (χ1v) is 7.94. The zero-order valence-corrected chi connectivity index (χ0v) is 12.6. The molecule has 1 aromatic carbocycles. The topological polar surface area (TPSA) is 65.6 Å². The number of aromatic nitrogens is 1. The van der Waals surface area contributed by atoms with Crippen LogP contribution in [0.25, 0.3) is 10.9 Å². The summed E-state index contributed by atoms with van der Waals surface area (Å²) in [5.74, 6) is 0.528. The number of rotatable bonds is 3. The second-order valence-electron chi connectivity index (χ2n) is 6.23. The third kappa shape index (κ3) is 1.92. The Balaban J connectivity index is 1.83. The monoisotopic (exact) mass is 300 g/mol. The molecule has 2 bridgehead atoms. The Hall–Kier alpha value is -2.01. The van der Waals surface area contributed by atoms with Crippen LogP contribution in [0, 0.1) is 0 Å². The van der Waals surface area contributed by atoms with Crippen molar-refractivity contribution in [2.45, 2.75) is 31.7 Å². The fraction of sp³-hybridized carbons (Fsp3) is 0.471. The normalized spacial score (nSPS) is 26.1. The number of phenols is 1. The van der Waals surface area contributed by atoms with Crippen molar-refractivity contribution in [1.29, 1.82) is 0 Å². The van der Waals surface area contributed by atoms with E-state index in [9.17, 15) is 9.90 Å². The molecule has 22 heavy (non-hydrogen) atoms. The minimum atomic E-state index is -0.338. The number of ether oxygens (including phenoxy) is 1. The number of H-pyrrole nitrogens is 1. The molecule has 0 aliphatic carbocycles. The van der Waals surface area contributed by atoms with E-state index in [1.54, 1.807) is 12.1 Å². The van der Waals surface area contributed by atoms with Gasteiger partial charge in [-0.3, -0.25) is 4.90 Å². The minimum absolute atomic E-state index is 0.167. The average molecular weight is 300 g/mol. The Bertz CT molecular complexity index is 737. The predicted molar refractivity (Wildman–Crippen MR) is 82.9 cm³/mol. The van der Waals surface area contributed by atoms with Crippen molar-refractivity contribution in [2.24, 2.45) is 0 Å². The number of nitrogens with zero attached hydrogens (tertiary/aromatic N) is 1. The van der Waals surface area contributed by atoms with Crippen molar-refractivity contribution in [3.63, 3.8) is 0 Å². The van der Waals surface area contributed by atoms with Gasteiger partial charge in [-0.05, 0) is 43.1 Å². The molecule has 3 unspecified atom stereocenters. The fourth-order valence-corrected chi connectivity index (χ4v) is 3.87. The lowest BCUT2D eigenvalue weighted by molar-refractivity contribution is -0.150. The van der Waals surface area contributed by atoms with E-state index in [0.717, 1.165) is 42.5 Å². The maximum absolute atomic E-state index is 12.5. The van der Waals surface area contributed by atoms with E-state index < -0.39 is 0 Å². The van der Waals surface area contributed by atoms with E-state index in [1.165, 1.54) is 5.56 Å². The number of hydrogen-bond donors (Lipinski definition) is 2. The van der Waals surface area contributed by atoms with Crippen molar-refractivity contribution in [3.05, 3.63) is 29.5 Å². The van der Waals surface area contributed by atoms with Crippen molar-refractivity contribution in [1.82, 2.24) is 9.88 Å². The van der Waals surface area contributed by atoms with Crippen LogP contribution in [-0.4, -0.2) is 40.7 Å². The summed E-state index contributed by atoms with van der Waals surface area (Å²) in [6.07, 6.45) is 1.88. The predicted octanol–water partition coefficient (Wildman–Crippen LogP) is 2.67. The number of nitrogens with one attached hydrogen (secondary N) is 1. The summed E-state index contributed by atoms with van der Waals surface area (Å²) in [6, 6.07) is 5.01. The van der Waals surface area contributed by atoms with Crippen LogP contribution in [0.2, 0.25) is 0 Å². The van der Waals surface area contributed by atoms with Crippen LogP contribution in [0.4, 0.5) is 0 Å². The van der Waals surface area contributed by atoms with Crippen LogP contribution >= 0.6 is 0 Å². The number of aromatic amines is 1. The van der Waals surface area contributed by atoms with Crippen LogP contribution in [0.15, 0.2) is 18.2 Å². The zero-order chi connectivity index (χ0) is 15.3. The molecule has 2 aliphatic heterocycles. The fourth-order valence-electron chi connectivity index (χ4n) is 3.87. The van der Waals surface area contributed by atoms with Crippen molar-refractivity contribution >= 4 is 16.9 Å². The molecule has 1 aromatic heterocycles. The molecule has 5 nitrogen and oxygen atoms in total. The summed E-state index contributed by atoms with van der Waals surface area (Å²) in [6.45, 7) is 4.26. The maximum atomic E-state index is 12.5. The van der Waals surface area contributed by atoms with E-state index in [0.29, 0.717) is 12.5 Å². The lowest BCUT2D eigenvalue weighted by Gasteiger charge is -2.30. The number of esters is 1. The first-order valence-electron chi connectivity index (χ1n) is 7.94. The number of benzene rings is 1. The molecule has 0 spiro atoms. The highest BCUT2D eigenvalue weighted by Crippen LogP contribution is 2.46. The van der Waals surface area contributed by atoms with Gasteiger partial charge in [0.05, 0.1) is 6.61 Å². The Morgan fingerprint density at radius 1 is 1.50 bits per heavy atom. The number of aromatic hydroxyl groups is 1. The molecule has 3 atom stereocenters. The summed E-state index contributed by atoms with van der Waals surface area (Å²) < 4.78 is 5.41. The first-order chi connectivity index (χ1) is 10.7. The number of carbonyl (C=O) groups excluding carboxylic acids is 1. The van der Waals surface area contributed by atoms with E-state index >= 15 is 0 Å². The second kappa shape index (κ2) is 5.02. The van der Waals surface area contributed by atoms with Gasteiger partial charge in [0, 0.05) is 29.1 Å². The quantitative estimate of drug-likeness (QED) is 0.855. The van der Waals surface area contributed by atoms with E-state index in [1.807, 2.05) is 13.0 Å². The molecule has 2 aliphatic rings. The highest BCUT2D eigenvalue weighted by Gasteiger charge is 2.44. The lowest BCUT2D eigenvalue weighted by Crippen LogP contribution is -2.37. The SMILES string of the molecule is CCCOC(=O)C1c2[nH]c3ccc(O)cc3c2C2CCN1C2. The van der Waals surface area contributed by atoms with Gasteiger partial charge in [-0.25, -0.2) is 4.79 Å². The molecule has 0 amide bonds. The summed E-state index contributed by atoms with van der Waals surface area (Å²) >= 11 is 0. The number of carbonyl (C=O) groups is 1. The number of fused-ring (bicyclic) bond motifs is 6. The molecule has 1 saturated heterocycles. The van der Waals surface area contributed by atoms with Crippen molar-refractivity contribution in [3.8, 4) is 5.75 Å². The van der Waals surface area contributed by atoms with Crippen LogP contribution < -0.4 is 0 Å².